The van der Waals surface area contributed by atoms with Crippen LogP contribution in [-0.2, 0) is 11.8 Å². The highest BCUT2D eigenvalue weighted by Gasteiger charge is 2.15. The van der Waals surface area contributed by atoms with Gasteiger partial charge in [0.05, 0.1) is 0 Å². The quantitative estimate of drug-likeness (QED) is 0.691. The summed E-state index contributed by atoms with van der Waals surface area (Å²) < 4.78 is 0. The fourth-order valence-electron chi connectivity index (χ4n) is 1.92. The lowest BCUT2D eigenvalue weighted by Gasteiger charge is -2.22. The Bertz CT molecular complexity index is 322. The maximum absolute atomic E-state index is 3.51. The van der Waals surface area contributed by atoms with Crippen LogP contribution in [-0.4, -0.2) is 5.33 Å². The third-order valence-corrected chi connectivity index (χ3v) is 3.30. The lowest BCUT2D eigenvalue weighted by atomic mass is 9.83. The van der Waals surface area contributed by atoms with Gasteiger partial charge in [-0.15, -0.1) is 0 Å². The molecule has 0 saturated carbocycles. The second kappa shape index (κ2) is 4.69. The molecule has 0 saturated heterocycles. The first-order chi connectivity index (χ1) is 6.86. The van der Waals surface area contributed by atoms with Crippen LogP contribution in [0.5, 0.6) is 0 Å². The van der Waals surface area contributed by atoms with Gasteiger partial charge in [0.15, 0.2) is 0 Å². The average Bonchev–Trinajstić information content (AvgIpc) is 2.09. The lowest BCUT2D eigenvalue weighted by molar-refractivity contribution is 0.588. The highest BCUT2D eigenvalue weighted by atomic mass is 79.9. The van der Waals surface area contributed by atoms with Gasteiger partial charge in [0, 0.05) is 5.33 Å². The van der Waals surface area contributed by atoms with Gasteiger partial charge in [-0.1, -0.05) is 48.8 Å². The van der Waals surface area contributed by atoms with Gasteiger partial charge in [-0.3, -0.25) is 0 Å². The Morgan fingerprint density at radius 2 is 1.53 bits per heavy atom. The van der Waals surface area contributed by atoms with Gasteiger partial charge in [-0.2, -0.15) is 0 Å². The van der Waals surface area contributed by atoms with Gasteiger partial charge in [0.1, 0.15) is 0 Å². The van der Waals surface area contributed by atoms with Gasteiger partial charge in [-0.25, -0.2) is 0 Å². The summed E-state index contributed by atoms with van der Waals surface area (Å²) in [4.78, 5) is 0. The highest BCUT2D eigenvalue weighted by molar-refractivity contribution is 9.09. The molecule has 0 spiro atoms. The second-order valence-corrected chi connectivity index (χ2v) is 6.07. The van der Waals surface area contributed by atoms with Crippen LogP contribution in [0.15, 0.2) is 12.1 Å². The van der Waals surface area contributed by atoms with Gasteiger partial charge in [0.25, 0.3) is 0 Å². The van der Waals surface area contributed by atoms with Crippen molar-refractivity contribution < 1.29 is 0 Å². The van der Waals surface area contributed by atoms with Gasteiger partial charge >= 0.3 is 0 Å². The van der Waals surface area contributed by atoms with E-state index in [-0.39, 0.29) is 5.41 Å². The van der Waals surface area contributed by atoms with E-state index in [9.17, 15) is 0 Å². The van der Waals surface area contributed by atoms with Crippen molar-refractivity contribution in [1.29, 1.82) is 0 Å². The molecular weight excluding hydrogens is 248 g/mol. The van der Waals surface area contributed by atoms with E-state index in [0.29, 0.717) is 0 Å². The number of halogens is 1. The molecule has 0 aliphatic rings. The third kappa shape index (κ3) is 3.07. The smallest absolute Gasteiger partial charge is 0.00720 e. The molecule has 0 aliphatic heterocycles. The number of benzene rings is 1. The molecule has 1 rings (SSSR count). The van der Waals surface area contributed by atoms with Crippen molar-refractivity contribution >= 4 is 15.9 Å². The Balaban J connectivity index is 3.19. The van der Waals surface area contributed by atoms with E-state index in [4.69, 9.17) is 0 Å². The molecule has 0 fully saturated rings. The van der Waals surface area contributed by atoms with E-state index in [2.05, 4.69) is 62.7 Å². The number of alkyl halides is 1. The summed E-state index contributed by atoms with van der Waals surface area (Å²) >= 11 is 3.51. The third-order valence-electron chi connectivity index (χ3n) is 2.91. The largest absolute Gasteiger partial charge is 0.0924 e. The van der Waals surface area contributed by atoms with E-state index in [1.54, 1.807) is 0 Å². The zero-order chi connectivity index (χ0) is 11.6. The van der Waals surface area contributed by atoms with Crippen molar-refractivity contribution in [1.82, 2.24) is 0 Å². The number of hydrogen-bond donors (Lipinski definition) is 0. The summed E-state index contributed by atoms with van der Waals surface area (Å²) in [6.45, 7) is 11.3. The average molecular weight is 269 g/mol. The van der Waals surface area contributed by atoms with Crippen LogP contribution in [0.3, 0.4) is 0 Å². The van der Waals surface area contributed by atoms with E-state index >= 15 is 0 Å². The Kier molecular flexibility index (Phi) is 3.99. The van der Waals surface area contributed by atoms with E-state index in [1.807, 2.05) is 0 Å². The lowest BCUT2D eigenvalue weighted by Crippen LogP contribution is -2.12. The molecule has 0 heterocycles. The van der Waals surface area contributed by atoms with Crippen molar-refractivity contribution in [3.05, 3.63) is 34.4 Å². The fourth-order valence-corrected chi connectivity index (χ4v) is 2.31. The predicted molar refractivity (Wildman–Crippen MR) is 72.1 cm³/mol. The zero-order valence-corrected chi connectivity index (χ0v) is 12.0. The zero-order valence-electron chi connectivity index (χ0n) is 10.4. The van der Waals surface area contributed by atoms with Crippen LogP contribution in [0.25, 0.3) is 0 Å². The van der Waals surface area contributed by atoms with Crippen molar-refractivity contribution in [3.63, 3.8) is 0 Å². The van der Waals surface area contributed by atoms with E-state index < -0.39 is 0 Å². The summed E-state index contributed by atoms with van der Waals surface area (Å²) in [6, 6.07) is 4.68. The molecule has 0 amide bonds. The molecular formula is C14H21Br. The molecule has 0 unspecified atom stereocenters. The molecule has 0 N–H and O–H groups in total. The molecule has 15 heavy (non-hydrogen) atoms. The van der Waals surface area contributed by atoms with Crippen LogP contribution >= 0.6 is 15.9 Å². The van der Waals surface area contributed by atoms with Gasteiger partial charge in [0.2, 0.25) is 0 Å². The molecule has 0 aliphatic carbocycles. The summed E-state index contributed by atoms with van der Waals surface area (Å²) in [5.41, 5.74) is 6.05. The summed E-state index contributed by atoms with van der Waals surface area (Å²) in [7, 11) is 0. The number of rotatable bonds is 2. The number of aryl methyl sites for hydroxylation is 2. The monoisotopic (exact) mass is 268 g/mol. The predicted octanol–water partition coefficient (Wildman–Crippen LogP) is 4.54. The SMILES string of the molecule is Cc1cc(C(C)(C)C)cc(C)c1CCBr. The maximum Gasteiger partial charge on any atom is 0.00720 e. The first-order valence-corrected chi connectivity index (χ1v) is 6.65. The minimum atomic E-state index is 0.252. The molecule has 0 atom stereocenters. The van der Waals surface area contributed by atoms with Gasteiger partial charge < -0.3 is 0 Å². The summed E-state index contributed by atoms with van der Waals surface area (Å²) in [5.74, 6) is 0. The standard InChI is InChI=1S/C14H21Br/c1-10-8-12(14(3,4)5)9-11(2)13(10)6-7-15/h8-9H,6-7H2,1-5H3. The molecule has 0 nitrogen and oxygen atoms in total. The Hall–Kier alpha value is -0.300. The molecule has 1 heteroatoms. The van der Waals surface area contributed by atoms with Crippen molar-refractivity contribution in [2.75, 3.05) is 5.33 Å². The normalized spacial score (nSPS) is 11.9. The van der Waals surface area contributed by atoms with Gasteiger partial charge in [-0.05, 0) is 47.9 Å². The minimum absolute atomic E-state index is 0.252. The first-order valence-electron chi connectivity index (χ1n) is 5.53. The summed E-state index contributed by atoms with van der Waals surface area (Å²) in [6.07, 6.45) is 1.13. The van der Waals surface area contributed by atoms with Crippen LogP contribution in [0.1, 0.15) is 43.0 Å². The Morgan fingerprint density at radius 1 is 1.07 bits per heavy atom. The van der Waals surface area contributed by atoms with Crippen LogP contribution in [0, 0.1) is 13.8 Å². The molecule has 84 valence electrons. The first kappa shape index (κ1) is 12.8. The molecule has 0 bridgehead atoms. The van der Waals surface area contributed by atoms with E-state index in [0.717, 1.165) is 11.8 Å². The minimum Gasteiger partial charge on any atom is -0.0924 e. The topological polar surface area (TPSA) is 0 Å². The Morgan fingerprint density at radius 3 is 1.87 bits per heavy atom. The van der Waals surface area contributed by atoms with Crippen LogP contribution in [0.2, 0.25) is 0 Å². The van der Waals surface area contributed by atoms with Crippen LogP contribution < -0.4 is 0 Å². The molecule has 1 aromatic rings. The molecule has 1 aromatic carbocycles. The molecule has 0 aromatic heterocycles. The number of hydrogen-bond acceptors (Lipinski definition) is 0. The van der Waals surface area contributed by atoms with Crippen molar-refractivity contribution in [2.24, 2.45) is 0 Å². The van der Waals surface area contributed by atoms with Crippen LogP contribution in [0.4, 0.5) is 0 Å². The van der Waals surface area contributed by atoms with E-state index in [1.165, 1.54) is 22.3 Å². The Labute approximate surface area is 102 Å². The fraction of sp³-hybridized carbons (Fsp3) is 0.571. The second-order valence-electron chi connectivity index (χ2n) is 5.28. The van der Waals surface area contributed by atoms with Crippen molar-refractivity contribution in [2.45, 2.75) is 46.5 Å². The molecule has 0 radical (unpaired) electrons. The highest BCUT2D eigenvalue weighted by Crippen LogP contribution is 2.27. The van der Waals surface area contributed by atoms with Crippen molar-refractivity contribution in [3.8, 4) is 0 Å². The summed E-state index contributed by atoms with van der Waals surface area (Å²) in [5, 5.41) is 1.05. The maximum atomic E-state index is 3.51.